The van der Waals surface area contributed by atoms with E-state index in [1.165, 1.54) is 11.6 Å². The fourth-order valence-electron chi connectivity index (χ4n) is 2.96. The average Bonchev–Trinajstić information content (AvgIpc) is 2.85. The van der Waals surface area contributed by atoms with E-state index in [0.29, 0.717) is 18.1 Å². The van der Waals surface area contributed by atoms with Crippen molar-refractivity contribution in [3.8, 4) is 0 Å². The van der Waals surface area contributed by atoms with Crippen molar-refractivity contribution < 1.29 is 9.13 Å². The monoisotopic (exact) mass is 279 g/mol. The van der Waals surface area contributed by atoms with E-state index in [0.717, 1.165) is 38.0 Å². The topological polar surface area (TPSA) is 21.3 Å². The van der Waals surface area contributed by atoms with E-state index in [1.54, 1.807) is 6.07 Å². The minimum absolute atomic E-state index is 0.143. The molecule has 0 saturated carbocycles. The first kappa shape index (κ1) is 15.5. The van der Waals surface area contributed by atoms with E-state index >= 15 is 0 Å². The molecule has 112 valence electrons. The van der Waals surface area contributed by atoms with Crippen molar-refractivity contribution in [3.63, 3.8) is 0 Å². The van der Waals surface area contributed by atoms with Crippen molar-refractivity contribution in [2.45, 2.75) is 52.2 Å². The van der Waals surface area contributed by atoms with Gasteiger partial charge >= 0.3 is 0 Å². The SMILES string of the molecule is CCCNC(Cc1cc(F)ccc1C)C1COC(C)C1. The Morgan fingerprint density at radius 3 is 2.90 bits per heavy atom. The first-order valence-electron chi connectivity index (χ1n) is 7.70. The summed E-state index contributed by atoms with van der Waals surface area (Å²) >= 11 is 0. The molecule has 1 N–H and O–H groups in total. The molecule has 0 aliphatic carbocycles. The quantitative estimate of drug-likeness (QED) is 0.861. The van der Waals surface area contributed by atoms with Gasteiger partial charge in [-0.3, -0.25) is 0 Å². The number of nitrogens with one attached hydrogen (secondary N) is 1. The summed E-state index contributed by atoms with van der Waals surface area (Å²) < 4.78 is 19.1. The maximum Gasteiger partial charge on any atom is 0.123 e. The van der Waals surface area contributed by atoms with Gasteiger partial charge in [-0.1, -0.05) is 13.0 Å². The molecule has 3 heteroatoms. The lowest BCUT2D eigenvalue weighted by Crippen LogP contribution is -2.39. The van der Waals surface area contributed by atoms with Gasteiger partial charge in [0.2, 0.25) is 0 Å². The van der Waals surface area contributed by atoms with Crippen molar-refractivity contribution in [3.05, 3.63) is 35.1 Å². The molecule has 20 heavy (non-hydrogen) atoms. The highest BCUT2D eigenvalue weighted by molar-refractivity contribution is 5.27. The molecule has 1 aromatic carbocycles. The maximum atomic E-state index is 13.4. The highest BCUT2D eigenvalue weighted by Crippen LogP contribution is 2.25. The van der Waals surface area contributed by atoms with E-state index in [-0.39, 0.29) is 5.82 Å². The molecule has 3 atom stereocenters. The largest absolute Gasteiger partial charge is 0.378 e. The van der Waals surface area contributed by atoms with E-state index in [1.807, 2.05) is 6.07 Å². The van der Waals surface area contributed by atoms with Gasteiger partial charge in [0.25, 0.3) is 0 Å². The lowest BCUT2D eigenvalue weighted by atomic mass is 9.90. The number of benzene rings is 1. The Labute approximate surface area is 121 Å². The molecule has 2 nitrogen and oxygen atoms in total. The molecule has 0 radical (unpaired) electrons. The summed E-state index contributed by atoms with van der Waals surface area (Å²) in [4.78, 5) is 0. The first-order valence-corrected chi connectivity index (χ1v) is 7.70. The van der Waals surface area contributed by atoms with E-state index in [2.05, 4.69) is 26.1 Å². The molecule has 0 aromatic heterocycles. The van der Waals surface area contributed by atoms with Gasteiger partial charge < -0.3 is 10.1 Å². The zero-order valence-electron chi connectivity index (χ0n) is 12.8. The highest BCUT2D eigenvalue weighted by Gasteiger charge is 2.29. The van der Waals surface area contributed by atoms with Crippen LogP contribution in [0.15, 0.2) is 18.2 Å². The van der Waals surface area contributed by atoms with Crippen LogP contribution in [0.2, 0.25) is 0 Å². The van der Waals surface area contributed by atoms with Crippen LogP contribution in [-0.2, 0) is 11.2 Å². The second kappa shape index (κ2) is 7.19. The van der Waals surface area contributed by atoms with Crippen LogP contribution in [0.1, 0.15) is 37.8 Å². The summed E-state index contributed by atoms with van der Waals surface area (Å²) in [5.74, 6) is 0.384. The maximum absolute atomic E-state index is 13.4. The van der Waals surface area contributed by atoms with Crippen LogP contribution in [0.5, 0.6) is 0 Å². The predicted molar refractivity (Wildman–Crippen MR) is 80.4 cm³/mol. The fraction of sp³-hybridized carbons (Fsp3) is 0.647. The number of aryl methyl sites for hydroxylation is 1. The Kier molecular flexibility index (Phi) is 5.55. The lowest BCUT2D eigenvalue weighted by molar-refractivity contribution is 0.117. The Morgan fingerprint density at radius 1 is 1.45 bits per heavy atom. The van der Waals surface area contributed by atoms with Crippen molar-refractivity contribution in [2.24, 2.45) is 5.92 Å². The van der Waals surface area contributed by atoms with Gasteiger partial charge in [-0.25, -0.2) is 4.39 Å². The Balaban J connectivity index is 2.08. The molecule has 0 amide bonds. The highest BCUT2D eigenvalue weighted by atomic mass is 19.1. The summed E-state index contributed by atoms with van der Waals surface area (Å²) in [5.41, 5.74) is 2.28. The molecular weight excluding hydrogens is 253 g/mol. The van der Waals surface area contributed by atoms with Gasteiger partial charge in [-0.2, -0.15) is 0 Å². The fourth-order valence-corrected chi connectivity index (χ4v) is 2.96. The number of hydrogen-bond acceptors (Lipinski definition) is 2. The van der Waals surface area contributed by atoms with Gasteiger partial charge in [-0.15, -0.1) is 0 Å². The molecule has 1 aliphatic heterocycles. The minimum atomic E-state index is -0.143. The Morgan fingerprint density at radius 2 is 2.25 bits per heavy atom. The molecule has 1 aliphatic rings. The number of hydrogen-bond donors (Lipinski definition) is 1. The van der Waals surface area contributed by atoms with Gasteiger partial charge in [0, 0.05) is 12.0 Å². The molecule has 1 saturated heterocycles. The molecular formula is C17H26FNO. The van der Waals surface area contributed by atoms with Crippen molar-refractivity contribution in [1.82, 2.24) is 5.32 Å². The second-order valence-corrected chi connectivity index (χ2v) is 5.98. The van der Waals surface area contributed by atoms with Crippen LogP contribution < -0.4 is 5.32 Å². The summed E-state index contributed by atoms with van der Waals surface area (Å²) in [6.45, 7) is 8.18. The third-order valence-electron chi connectivity index (χ3n) is 4.21. The third kappa shape index (κ3) is 4.03. The summed E-state index contributed by atoms with van der Waals surface area (Å²) in [5, 5.41) is 3.62. The van der Waals surface area contributed by atoms with Crippen molar-refractivity contribution >= 4 is 0 Å². The second-order valence-electron chi connectivity index (χ2n) is 5.98. The van der Waals surface area contributed by atoms with Crippen LogP contribution in [0, 0.1) is 18.7 Å². The molecule has 1 aromatic rings. The smallest absolute Gasteiger partial charge is 0.123 e. The Hall–Kier alpha value is -0.930. The summed E-state index contributed by atoms with van der Waals surface area (Å²) in [6.07, 6.45) is 3.43. The first-order chi connectivity index (χ1) is 9.60. The normalized spacial score (nSPS) is 24.0. The van der Waals surface area contributed by atoms with Gasteiger partial charge in [-0.05, 0) is 62.9 Å². The predicted octanol–water partition coefficient (Wildman–Crippen LogP) is 3.47. The molecule has 3 unspecified atom stereocenters. The van der Waals surface area contributed by atoms with E-state index < -0.39 is 0 Å². The van der Waals surface area contributed by atoms with Gasteiger partial charge in [0.15, 0.2) is 0 Å². The number of ether oxygens (including phenoxy) is 1. The molecule has 0 spiro atoms. The summed E-state index contributed by atoms with van der Waals surface area (Å²) in [6, 6.07) is 5.46. The van der Waals surface area contributed by atoms with Crippen LogP contribution in [0.4, 0.5) is 4.39 Å². The van der Waals surface area contributed by atoms with Crippen LogP contribution >= 0.6 is 0 Å². The third-order valence-corrected chi connectivity index (χ3v) is 4.21. The summed E-state index contributed by atoms with van der Waals surface area (Å²) in [7, 11) is 0. The van der Waals surface area contributed by atoms with Crippen molar-refractivity contribution in [1.29, 1.82) is 0 Å². The van der Waals surface area contributed by atoms with Crippen LogP contribution in [0.3, 0.4) is 0 Å². The van der Waals surface area contributed by atoms with Crippen LogP contribution in [0.25, 0.3) is 0 Å². The van der Waals surface area contributed by atoms with Crippen LogP contribution in [-0.4, -0.2) is 25.3 Å². The molecule has 1 fully saturated rings. The van der Waals surface area contributed by atoms with E-state index in [9.17, 15) is 4.39 Å². The molecule has 0 bridgehead atoms. The lowest BCUT2D eigenvalue weighted by Gasteiger charge is -2.25. The minimum Gasteiger partial charge on any atom is -0.378 e. The zero-order valence-corrected chi connectivity index (χ0v) is 12.8. The molecule has 2 rings (SSSR count). The van der Waals surface area contributed by atoms with E-state index in [4.69, 9.17) is 4.74 Å². The zero-order chi connectivity index (χ0) is 14.5. The van der Waals surface area contributed by atoms with Gasteiger partial charge in [0.1, 0.15) is 5.82 Å². The average molecular weight is 279 g/mol. The Bertz CT molecular complexity index is 435. The number of halogens is 1. The molecule has 1 heterocycles. The van der Waals surface area contributed by atoms with Crippen molar-refractivity contribution in [2.75, 3.05) is 13.2 Å². The standard InChI is InChI=1S/C17H26FNO/c1-4-7-19-17(15-8-13(3)20-11-15)10-14-9-16(18)6-5-12(14)2/h5-6,9,13,15,17,19H,4,7-8,10-11H2,1-3H3. The number of rotatable bonds is 6. The van der Waals surface area contributed by atoms with Gasteiger partial charge in [0.05, 0.1) is 12.7 Å².